The molecule has 0 radical (unpaired) electrons. The summed E-state index contributed by atoms with van der Waals surface area (Å²) in [7, 11) is -3.60. The maximum absolute atomic E-state index is 16.1. The normalized spacial score (nSPS) is 11.9. The molecule has 0 bridgehead atoms. The Bertz CT molecular complexity index is 1940. The molecule has 0 unspecified atom stereocenters. The van der Waals surface area contributed by atoms with Crippen molar-refractivity contribution in [2.24, 2.45) is 0 Å². The van der Waals surface area contributed by atoms with Gasteiger partial charge in [-0.1, -0.05) is 18.2 Å². The van der Waals surface area contributed by atoms with Crippen LogP contribution in [0, 0.1) is 17.5 Å². The number of pyridine rings is 1. The zero-order valence-corrected chi connectivity index (χ0v) is 25.2. The Kier molecular flexibility index (Phi) is 9.24. The summed E-state index contributed by atoms with van der Waals surface area (Å²) in [5.41, 5.74) is 0.306. The van der Waals surface area contributed by atoms with Gasteiger partial charge in [-0.2, -0.15) is 0 Å². The van der Waals surface area contributed by atoms with Gasteiger partial charge in [-0.05, 0) is 49.4 Å². The predicted molar refractivity (Wildman–Crippen MR) is 162 cm³/mol. The largest absolute Gasteiger partial charge is 0.453 e. The molecule has 0 fully saturated rings. The van der Waals surface area contributed by atoms with E-state index in [-0.39, 0.29) is 29.8 Å². The van der Waals surface area contributed by atoms with Crippen LogP contribution in [0.15, 0.2) is 78.0 Å². The van der Waals surface area contributed by atoms with Crippen LogP contribution in [0.4, 0.5) is 29.6 Å². The van der Waals surface area contributed by atoms with E-state index in [1.165, 1.54) is 25.4 Å². The van der Waals surface area contributed by atoms with E-state index in [1.54, 1.807) is 37.4 Å². The number of ether oxygens (including phenoxy) is 1. The fraction of sp³-hybridized carbons (Fsp3) is 0.138. The molecule has 0 saturated heterocycles. The predicted octanol–water partition coefficient (Wildman–Crippen LogP) is 5.70. The molecule has 11 nitrogen and oxygen atoms in total. The molecule has 0 aliphatic rings. The third kappa shape index (κ3) is 7.02. The summed E-state index contributed by atoms with van der Waals surface area (Å²) >= 11 is 1.16. The highest BCUT2D eigenvalue weighted by Crippen LogP contribution is 2.41. The Balaban J connectivity index is 1.54. The summed E-state index contributed by atoms with van der Waals surface area (Å²) in [6, 6.07) is 12.9. The maximum atomic E-state index is 16.1. The first kappa shape index (κ1) is 31.3. The van der Waals surface area contributed by atoms with Crippen molar-refractivity contribution in [2.45, 2.75) is 17.9 Å². The standard InChI is InChI=1S/C29H24F3N7O4S2/c1-16(36-29(40)43-2)15-35-28-34-14-12-21(37-28)25-24(38-27(44-25)22-10-3-4-13-33-22)17-7-5-11-20(23(17)32)39-45(41,42)26-18(30)8-6-9-19(26)31/h3-14,16,39H,15H2,1-2H3,(H,36,40)(H,34,35,37)/t16-/m1/s1. The Labute approximate surface area is 259 Å². The van der Waals surface area contributed by atoms with Crippen molar-refractivity contribution in [3.63, 3.8) is 0 Å². The fourth-order valence-corrected chi connectivity index (χ4v) is 6.35. The van der Waals surface area contributed by atoms with E-state index in [4.69, 9.17) is 0 Å². The summed E-state index contributed by atoms with van der Waals surface area (Å²) in [4.78, 5) is 28.4. The number of hydrogen-bond acceptors (Lipinski definition) is 10. The molecule has 3 N–H and O–H groups in total. The van der Waals surface area contributed by atoms with Crippen LogP contribution in [0.2, 0.25) is 0 Å². The molecule has 3 aromatic heterocycles. The SMILES string of the molecule is COC(=O)N[C@H](C)CNc1nccc(-c2sc(-c3ccccn3)nc2-c2cccc(NS(=O)(=O)c3c(F)cccc3F)c2F)n1. The number of carbonyl (C=O) groups excluding carboxylic acids is 1. The Morgan fingerprint density at radius 3 is 2.40 bits per heavy atom. The maximum Gasteiger partial charge on any atom is 0.407 e. The second kappa shape index (κ2) is 13.3. The third-order valence-corrected chi connectivity index (χ3v) is 8.72. The number of aromatic nitrogens is 4. The molecule has 3 heterocycles. The Hall–Kier alpha value is -5.09. The fourth-order valence-electron chi connectivity index (χ4n) is 4.13. The van der Waals surface area contributed by atoms with E-state index >= 15 is 4.39 Å². The highest BCUT2D eigenvalue weighted by molar-refractivity contribution is 7.92. The minimum absolute atomic E-state index is 0.110. The number of benzene rings is 2. The monoisotopic (exact) mass is 655 g/mol. The van der Waals surface area contributed by atoms with Crippen LogP contribution in [0.25, 0.3) is 32.5 Å². The molecule has 0 aliphatic heterocycles. The molecule has 0 spiro atoms. The molecule has 5 aromatic rings. The van der Waals surface area contributed by atoms with Crippen molar-refractivity contribution < 1.29 is 31.1 Å². The number of thiazole rings is 1. The van der Waals surface area contributed by atoms with Gasteiger partial charge in [0, 0.05) is 30.5 Å². The Morgan fingerprint density at radius 1 is 0.933 bits per heavy atom. The van der Waals surface area contributed by atoms with Gasteiger partial charge in [-0.3, -0.25) is 9.71 Å². The highest BCUT2D eigenvalue weighted by Gasteiger charge is 2.27. The van der Waals surface area contributed by atoms with Gasteiger partial charge < -0.3 is 15.4 Å². The van der Waals surface area contributed by atoms with Crippen molar-refractivity contribution in [2.75, 3.05) is 23.7 Å². The van der Waals surface area contributed by atoms with Gasteiger partial charge in [0.05, 0.1) is 34.8 Å². The number of halogens is 3. The van der Waals surface area contributed by atoms with Crippen LogP contribution >= 0.6 is 11.3 Å². The lowest BCUT2D eigenvalue weighted by atomic mass is 10.1. The minimum Gasteiger partial charge on any atom is -0.453 e. The smallest absolute Gasteiger partial charge is 0.407 e. The average molecular weight is 656 g/mol. The summed E-state index contributed by atoms with van der Waals surface area (Å²) in [6.07, 6.45) is 2.46. The second-order valence-corrected chi connectivity index (χ2v) is 12.0. The molecular weight excluding hydrogens is 631 g/mol. The van der Waals surface area contributed by atoms with Crippen LogP contribution in [-0.4, -0.2) is 54.1 Å². The number of anilines is 2. The molecule has 16 heteroatoms. The van der Waals surface area contributed by atoms with Crippen molar-refractivity contribution in [1.82, 2.24) is 25.3 Å². The van der Waals surface area contributed by atoms with Gasteiger partial charge in [-0.15, -0.1) is 11.3 Å². The quantitative estimate of drug-likeness (QED) is 0.172. The van der Waals surface area contributed by atoms with Gasteiger partial charge in [0.1, 0.15) is 16.6 Å². The first-order valence-electron chi connectivity index (χ1n) is 13.2. The summed E-state index contributed by atoms with van der Waals surface area (Å²) in [5.74, 6) is -3.49. The van der Waals surface area contributed by atoms with Gasteiger partial charge in [-0.25, -0.2) is 41.3 Å². The zero-order chi connectivity index (χ0) is 32.1. The number of rotatable bonds is 10. The van der Waals surface area contributed by atoms with Crippen LogP contribution in [0.5, 0.6) is 0 Å². The van der Waals surface area contributed by atoms with Crippen LogP contribution in [0.1, 0.15) is 6.92 Å². The molecule has 45 heavy (non-hydrogen) atoms. The lowest BCUT2D eigenvalue weighted by molar-refractivity contribution is 0.168. The molecule has 0 saturated carbocycles. The highest BCUT2D eigenvalue weighted by atomic mass is 32.2. The van der Waals surface area contributed by atoms with Gasteiger partial charge in [0.15, 0.2) is 10.7 Å². The lowest BCUT2D eigenvalue weighted by Gasteiger charge is -2.14. The topological polar surface area (TPSA) is 148 Å². The van der Waals surface area contributed by atoms with Crippen molar-refractivity contribution >= 4 is 39.1 Å². The first-order valence-corrected chi connectivity index (χ1v) is 15.5. The van der Waals surface area contributed by atoms with Crippen molar-refractivity contribution in [1.29, 1.82) is 0 Å². The van der Waals surface area contributed by atoms with E-state index in [0.29, 0.717) is 21.3 Å². The van der Waals surface area contributed by atoms with Crippen LogP contribution < -0.4 is 15.4 Å². The molecule has 1 atom stereocenters. The zero-order valence-electron chi connectivity index (χ0n) is 23.6. The molecule has 1 amide bonds. The molecule has 0 aliphatic carbocycles. The van der Waals surface area contributed by atoms with Gasteiger partial charge >= 0.3 is 6.09 Å². The average Bonchev–Trinajstić information content (AvgIpc) is 3.47. The lowest BCUT2D eigenvalue weighted by Crippen LogP contribution is -2.37. The number of amides is 1. The molecule has 2 aromatic carbocycles. The molecular formula is C29H24F3N7O4S2. The first-order chi connectivity index (χ1) is 21.6. The van der Waals surface area contributed by atoms with Crippen molar-refractivity contribution in [3.8, 4) is 32.5 Å². The van der Waals surface area contributed by atoms with Crippen LogP contribution in [0.3, 0.4) is 0 Å². The third-order valence-electron chi connectivity index (χ3n) is 6.20. The van der Waals surface area contributed by atoms with Crippen molar-refractivity contribution in [3.05, 3.63) is 90.5 Å². The van der Waals surface area contributed by atoms with Gasteiger partial charge in [0.25, 0.3) is 10.0 Å². The van der Waals surface area contributed by atoms with E-state index in [2.05, 4.69) is 35.3 Å². The minimum atomic E-state index is -4.86. The number of methoxy groups -OCH3 is 1. The van der Waals surface area contributed by atoms with E-state index in [9.17, 15) is 22.0 Å². The van der Waals surface area contributed by atoms with Gasteiger partial charge in [0.2, 0.25) is 5.95 Å². The van der Waals surface area contributed by atoms with Crippen LogP contribution in [-0.2, 0) is 14.8 Å². The second-order valence-electron chi connectivity index (χ2n) is 9.42. The number of alkyl carbamates (subject to hydrolysis) is 1. The van der Waals surface area contributed by atoms with E-state index in [1.807, 2.05) is 4.72 Å². The van der Waals surface area contributed by atoms with E-state index < -0.39 is 44.2 Å². The number of nitrogens with one attached hydrogen (secondary N) is 3. The Morgan fingerprint density at radius 2 is 1.69 bits per heavy atom. The summed E-state index contributed by atoms with van der Waals surface area (Å²) in [5, 5.41) is 6.06. The number of hydrogen-bond donors (Lipinski definition) is 3. The molecule has 232 valence electrons. The number of carbonyl (C=O) groups is 1. The summed E-state index contributed by atoms with van der Waals surface area (Å²) in [6.45, 7) is 2.01. The summed E-state index contributed by atoms with van der Waals surface area (Å²) < 4.78 is 77.0. The molecule has 5 rings (SSSR count). The number of nitrogens with zero attached hydrogens (tertiary/aromatic N) is 4. The number of sulfonamides is 1. The van der Waals surface area contributed by atoms with E-state index in [0.717, 1.165) is 35.6 Å².